The van der Waals surface area contributed by atoms with Crippen LogP contribution in [0.2, 0.25) is 0 Å². The van der Waals surface area contributed by atoms with E-state index in [2.05, 4.69) is 77.7 Å². The van der Waals surface area contributed by atoms with Gasteiger partial charge in [0, 0.05) is 47.1 Å². The first-order valence-corrected chi connectivity index (χ1v) is 29.9. The van der Waals surface area contributed by atoms with Crippen molar-refractivity contribution in [3.63, 3.8) is 0 Å². The van der Waals surface area contributed by atoms with Crippen molar-refractivity contribution in [2.24, 2.45) is 10.3 Å². The van der Waals surface area contributed by atoms with Crippen molar-refractivity contribution in [1.82, 2.24) is 14.9 Å². The maximum absolute atomic E-state index is 13.1. The molecule has 14 nitrogen and oxygen atoms in total. The lowest BCUT2D eigenvalue weighted by Gasteiger charge is -2.23. The molecular formula is C68H86ClN5O9S2. The van der Waals surface area contributed by atoms with Gasteiger partial charge in [0.2, 0.25) is 5.91 Å². The summed E-state index contributed by atoms with van der Waals surface area (Å²) in [6, 6.07) is 41.1. The fraction of sp³-hybridized carbons (Fsp3) is 0.397. The van der Waals surface area contributed by atoms with Gasteiger partial charge < -0.3 is 29.4 Å². The van der Waals surface area contributed by atoms with E-state index in [1.807, 2.05) is 68.4 Å². The van der Waals surface area contributed by atoms with E-state index in [1.54, 1.807) is 46.9 Å². The van der Waals surface area contributed by atoms with Crippen molar-refractivity contribution in [1.29, 1.82) is 0 Å². The summed E-state index contributed by atoms with van der Waals surface area (Å²) in [6.07, 6.45) is 8.48. The zero-order chi connectivity index (χ0) is 57.1. The third-order valence-corrected chi connectivity index (χ3v) is 17.1. The van der Waals surface area contributed by atoms with Crippen molar-refractivity contribution < 1.29 is 43.7 Å². The Morgan fingerprint density at radius 2 is 1.16 bits per heavy atom. The number of amides is 2. The summed E-state index contributed by atoms with van der Waals surface area (Å²) in [5, 5.41) is 29.1. The number of cyclic esters (lactones) is 1. The Balaban J connectivity index is 0.000000278. The van der Waals surface area contributed by atoms with E-state index < -0.39 is 12.1 Å². The molecule has 7 aromatic rings. The Kier molecular flexibility index (Phi) is 29.0. The Labute approximate surface area is 516 Å². The molecule has 3 aliphatic rings. The maximum atomic E-state index is 13.1. The number of ether oxygens (including phenoxy) is 2. The van der Waals surface area contributed by atoms with Crippen LogP contribution in [0.1, 0.15) is 156 Å². The second-order valence-corrected chi connectivity index (χ2v) is 22.6. The van der Waals surface area contributed by atoms with Gasteiger partial charge in [-0.05, 0) is 98.0 Å². The van der Waals surface area contributed by atoms with Crippen LogP contribution in [0.15, 0.2) is 138 Å². The minimum atomic E-state index is -0.855. The third kappa shape index (κ3) is 19.8. The Morgan fingerprint density at radius 1 is 0.671 bits per heavy atom. The van der Waals surface area contributed by atoms with Crippen LogP contribution >= 0.6 is 34.3 Å². The largest absolute Gasteiger partial charge is 0.508 e. The number of halogens is 1. The number of aromatic nitrogens is 2. The minimum Gasteiger partial charge on any atom is -0.508 e. The maximum Gasteiger partial charge on any atom is 0.416 e. The highest BCUT2D eigenvalue weighted by molar-refractivity contribution is 7.15. The van der Waals surface area contributed by atoms with E-state index >= 15 is 0 Å². The first-order valence-electron chi connectivity index (χ1n) is 27.7. The number of aliphatic carboxylic acids is 1. The molecule has 456 valence electrons. The molecule has 0 bridgehead atoms. The molecule has 0 spiro atoms. The number of carbonyl (C=O) groups is 3. The van der Waals surface area contributed by atoms with Gasteiger partial charge in [-0.25, -0.2) is 19.7 Å². The predicted molar refractivity (Wildman–Crippen MR) is 348 cm³/mol. The SMILES string of the molecule is C.C.C.C.CCCCc1ccc(-c2nc(C)c(CCl)s2)cc1.CCCCc1ccc(-c2nc(C)c(COc3ccc([C@H](CC(=O)O)C4=NOCC4)cc3)s2)cc1.O=C(C[C@H](C1=NOCC1)c1ccc(O)cc1)N1C(=O)OC[C@@H]1Cc1ccccc1. The van der Waals surface area contributed by atoms with Gasteiger partial charge in [0.1, 0.15) is 47.9 Å². The van der Waals surface area contributed by atoms with Crippen LogP contribution in [0.25, 0.3) is 21.1 Å². The summed E-state index contributed by atoms with van der Waals surface area (Å²) < 4.78 is 11.2. The average molecular weight is 1220 g/mol. The summed E-state index contributed by atoms with van der Waals surface area (Å²) in [6.45, 7) is 10.1. The number of carbonyl (C=O) groups excluding carboxylic acids is 2. The van der Waals surface area contributed by atoms with Gasteiger partial charge in [-0.2, -0.15) is 0 Å². The van der Waals surface area contributed by atoms with Crippen LogP contribution in [-0.4, -0.2) is 80.3 Å². The van der Waals surface area contributed by atoms with Gasteiger partial charge in [0.15, 0.2) is 0 Å². The Hall–Kier alpha value is -7.40. The van der Waals surface area contributed by atoms with Gasteiger partial charge in [-0.15, -0.1) is 34.3 Å². The van der Waals surface area contributed by atoms with E-state index in [1.165, 1.54) is 58.6 Å². The predicted octanol–water partition coefficient (Wildman–Crippen LogP) is 17.4. The lowest BCUT2D eigenvalue weighted by Crippen LogP contribution is -2.41. The second-order valence-electron chi connectivity index (χ2n) is 20.2. The number of hydrogen-bond donors (Lipinski definition) is 2. The number of carboxylic acids is 1. The van der Waals surface area contributed by atoms with Crippen LogP contribution < -0.4 is 4.74 Å². The highest BCUT2D eigenvalue weighted by Gasteiger charge is 2.39. The number of aromatic hydroxyl groups is 1. The number of hydrogen-bond acceptors (Lipinski definition) is 14. The van der Waals surface area contributed by atoms with E-state index in [-0.39, 0.29) is 78.7 Å². The molecular weight excluding hydrogens is 1130 g/mol. The smallest absolute Gasteiger partial charge is 0.416 e. The number of benzene rings is 5. The molecule has 1 fully saturated rings. The normalized spacial score (nSPS) is 14.5. The molecule has 5 aromatic carbocycles. The number of aryl methyl sites for hydroxylation is 4. The van der Waals surface area contributed by atoms with Gasteiger partial charge in [-0.3, -0.25) is 9.59 Å². The van der Waals surface area contributed by atoms with Crippen molar-refractivity contribution >= 4 is 63.7 Å². The number of unbranched alkanes of at least 4 members (excludes halogenated alkanes) is 2. The summed E-state index contributed by atoms with van der Waals surface area (Å²) in [5.74, 6) is -0.331. The van der Waals surface area contributed by atoms with E-state index in [0.29, 0.717) is 45.0 Å². The molecule has 2 aromatic heterocycles. The van der Waals surface area contributed by atoms with Crippen molar-refractivity contribution in [2.75, 3.05) is 19.8 Å². The quantitative estimate of drug-likeness (QED) is 0.0616. The average Bonchev–Trinajstić information content (AvgIpc) is 4.48. The van der Waals surface area contributed by atoms with Gasteiger partial charge >= 0.3 is 12.1 Å². The summed E-state index contributed by atoms with van der Waals surface area (Å²) >= 11 is 9.24. The van der Waals surface area contributed by atoms with Crippen LogP contribution in [0.3, 0.4) is 0 Å². The van der Waals surface area contributed by atoms with Gasteiger partial charge in [0.25, 0.3) is 0 Å². The second kappa shape index (κ2) is 35.2. The number of rotatable bonds is 22. The highest BCUT2D eigenvalue weighted by atomic mass is 35.5. The highest BCUT2D eigenvalue weighted by Crippen LogP contribution is 2.34. The van der Waals surface area contributed by atoms with Crippen LogP contribution in [0.5, 0.6) is 11.5 Å². The molecule has 2 amide bonds. The molecule has 0 saturated carbocycles. The molecule has 0 aliphatic carbocycles. The number of phenolic OH excluding ortho intramolecular Hbond substituents is 1. The van der Waals surface area contributed by atoms with E-state index in [0.717, 1.165) is 72.1 Å². The Bertz CT molecular complexity index is 3220. The van der Waals surface area contributed by atoms with Gasteiger partial charge in [0.05, 0.1) is 46.0 Å². The molecule has 2 N–H and O–H groups in total. The molecule has 85 heavy (non-hydrogen) atoms. The monoisotopic (exact) mass is 1220 g/mol. The molecule has 0 unspecified atom stereocenters. The molecule has 1 saturated heterocycles. The van der Waals surface area contributed by atoms with E-state index in [4.69, 9.17) is 35.7 Å². The van der Waals surface area contributed by atoms with Crippen LogP contribution in [0.4, 0.5) is 4.79 Å². The lowest BCUT2D eigenvalue weighted by atomic mass is 9.89. The fourth-order valence-electron chi connectivity index (χ4n) is 9.63. The lowest BCUT2D eigenvalue weighted by molar-refractivity contribution is -0.137. The summed E-state index contributed by atoms with van der Waals surface area (Å²) in [4.78, 5) is 59.8. The molecule has 3 aliphatic heterocycles. The van der Waals surface area contributed by atoms with E-state index in [9.17, 15) is 24.6 Å². The standard InChI is InChI=1S/C27H30N2O4S.C22H22N2O5.C15H18ClNS.4CH4/c1-3-4-5-19-6-8-21(9-7-19)27-28-18(2)25(34-27)17-32-22-12-10-20(11-13-22)23(16-26(30)31)24-14-15-33-29-24;25-18-8-6-16(7-9-18)19(20-10-11-29-23-20)13-21(26)24-17(14-28-22(24)27)12-15-4-2-1-3-5-15;1-3-4-5-12-6-8-13(9-7-12)15-17-11(2)14(10-16)18-15;;;;/h6-13,23H,3-5,14-17H2,1-2H3,(H,30,31);1-9,17,19,25H,10-14H2;6-9H,3-5,10H2,1-2H3;4*1H4/t23-;17-,19-;;;;;/m00...../s1. The summed E-state index contributed by atoms with van der Waals surface area (Å²) in [7, 11) is 0. The van der Waals surface area contributed by atoms with Crippen LogP contribution in [0, 0.1) is 13.8 Å². The van der Waals surface area contributed by atoms with Gasteiger partial charge in [-0.1, -0.05) is 170 Å². The molecule has 3 atom stereocenters. The van der Waals surface area contributed by atoms with Crippen molar-refractivity contribution in [3.8, 4) is 32.6 Å². The van der Waals surface area contributed by atoms with Crippen molar-refractivity contribution in [2.45, 2.75) is 158 Å². The number of thiazole rings is 2. The number of phenols is 1. The number of carboxylic acid groups (broad SMARTS) is 1. The topological polar surface area (TPSA) is 182 Å². The molecule has 0 radical (unpaired) electrons. The number of oxime groups is 2. The van der Waals surface area contributed by atoms with Crippen molar-refractivity contribution in [3.05, 3.63) is 176 Å². The minimum absolute atomic E-state index is 0. The summed E-state index contributed by atoms with van der Waals surface area (Å²) in [5.41, 5.74) is 11.5. The zero-order valence-electron chi connectivity index (χ0n) is 46.4. The van der Waals surface area contributed by atoms with Crippen LogP contribution in [-0.2, 0) is 55.8 Å². The fourth-order valence-corrected chi connectivity index (χ4v) is 11.9. The first kappa shape index (κ1) is 70.1. The number of alkyl halides is 1. The third-order valence-electron chi connectivity index (χ3n) is 14.3. The molecule has 17 heteroatoms. The number of nitrogens with zero attached hydrogens (tertiary/aromatic N) is 5. The first-order chi connectivity index (χ1) is 39.4. The zero-order valence-corrected chi connectivity index (χ0v) is 48.7. The molecule has 10 rings (SSSR count). The Morgan fingerprint density at radius 3 is 1.64 bits per heavy atom. The number of imide groups is 1. The molecule has 5 heterocycles.